The number of carbonyl (C=O) groups is 1. The molecule has 1 aromatic carbocycles. The van der Waals surface area contributed by atoms with Gasteiger partial charge in [0.25, 0.3) is 0 Å². The van der Waals surface area contributed by atoms with Gasteiger partial charge in [-0.15, -0.1) is 0 Å². The van der Waals surface area contributed by atoms with Crippen LogP contribution in [-0.2, 0) is 23.2 Å². The molecule has 0 aliphatic rings. The van der Waals surface area contributed by atoms with E-state index in [4.69, 9.17) is 4.52 Å². The number of aromatic nitrogens is 1. The molecule has 24 heavy (non-hydrogen) atoms. The molecule has 0 spiro atoms. The van der Waals surface area contributed by atoms with E-state index in [9.17, 15) is 4.79 Å². The first-order valence-electron chi connectivity index (χ1n) is 8.31. The Morgan fingerprint density at radius 2 is 1.83 bits per heavy atom. The normalized spacial score (nSPS) is 11.8. The highest BCUT2D eigenvalue weighted by Crippen LogP contribution is 2.23. The Morgan fingerprint density at radius 1 is 1.21 bits per heavy atom. The Hall–Kier alpha value is -2.14. The van der Waals surface area contributed by atoms with Crippen LogP contribution in [-0.4, -0.2) is 29.6 Å². The summed E-state index contributed by atoms with van der Waals surface area (Å²) in [7, 11) is 1.92. The van der Waals surface area contributed by atoms with Crippen molar-refractivity contribution in [2.75, 3.05) is 18.9 Å². The molecule has 0 aliphatic carbocycles. The summed E-state index contributed by atoms with van der Waals surface area (Å²) in [6.45, 7) is 9.30. The Bertz CT molecular complexity index is 669. The molecule has 5 nitrogen and oxygen atoms in total. The van der Waals surface area contributed by atoms with E-state index in [1.807, 2.05) is 32.7 Å². The topological polar surface area (TPSA) is 58.4 Å². The maximum absolute atomic E-state index is 12.1. The van der Waals surface area contributed by atoms with Gasteiger partial charge in [-0.3, -0.25) is 15.0 Å². The van der Waals surface area contributed by atoms with Crippen molar-refractivity contribution in [3.05, 3.63) is 47.2 Å². The number of nitrogens with zero attached hydrogens (tertiary/aromatic N) is 2. The van der Waals surface area contributed by atoms with Gasteiger partial charge in [-0.25, -0.2) is 0 Å². The lowest BCUT2D eigenvalue weighted by molar-refractivity contribution is -0.117. The summed E-state index contributed by atoms with van der Waals surface area (Å²) in [5, 5.41) is 6.76. The van der Waals surface area contributed by atoms with Gasteiger partial charge >= 0.3 is 0 Å². The minimum Gasteiger partial charge on any atom is -0.338 e. The minimum atomic E-state index is -0.112. The molecule has 0 unspecified atom stereocenters. The van der Waals surface area contributed by atoms with E-state index in [0.717, 1.165) is 18.7 Å². The van der Waals surface area contributed by atoms with Crippen LogP contribution in [0.2, 0.25) is 0 Å². The van der Waals surface area contributed by atoms with Crippen LogP contribution in [0.1, 0.15) is 44.5 Å². The van der Waals surface area contributed by atoms with Crippen LogP contribution in [0.15, 0.2) is 34.9 Å². The molecule has 0 bridgehead atoms. The van der Waals surface area contributed by atoms with Gasteiger partial charge < -0.3 is 4.52 Å². The summed E-state index contributed by atoms with van der Waals surface area (Å²) >= 11 is 0. The molecule has 0 saturated carbocycles. The maximum atomic E-state index is 12.1. The van der Waals surface area contributed by atoms with Gasteiger partial charge in [-0.1, -0.05) is 57.1 Å². The summed E-state index contributed by atoms with van der Waals surface area (Å²) in [4.78, 5) is 14.1. The zero-order chi connectivity index (χ0) is 17.7. The Morgan fingerprint density at radius 3 is 2.38 bits per heavy atom. The number of likely N-dealkylation sites (N-methyl/N-ethyl adjacent to an activating group) is 1. The molecule has 0 atom stereocenters. The summed E-state index contributed by atoms with van der Waals surface area (Å²) in [5.41, 5.74) is 3.23. The lowest BCUT2D eigenvalue weighted by atomic mass is 9.92. The monoisotopic (exact) mass is 329 g/mol. The fraction of sp³-hybridized carbons (Fsp3) is 0.474. The summed E-state index contributed by atoms with van der Waals surface area (Å²) in [6, 6.07) is 10.3. The smallest absolute Gasteiger partial charge is 0.240 e. The average Bonchev–Trinajstić information content (AvgIpc) is 2.96. The number of aryl methyl sites for hydroxylation is 1. The van der Waals surface area contributed by atoms with Crippen LogP contribution in [0.5, 0.6) is 0 Å². The van der Waals surface area contributed by atoms with Crippen LogP contribution in [0.25, 0.3) is 0 Å². The molecule has 130 valence electrons. The van der Waals surface area contributed by atoms with Crippen molar-refractivity contribution in [2.24, 2.45) is 0 Å². The van der Waals surface area contributed by atoms with Gasteiger partial charge in [-0.05, 0) is 24.6 Å². The molecule has 1 amide bonds. The Kier molecular flexibility index (Phi) is 5.78. The van der Waals surface area contributed by atoms with Gasteiger partial charge in [-0.2, -0.15) is 0 Å². The summed E-state index contributed by atoms with van der Waals surface area (Å²) in [6.07, 6.45) is 1.03. The molecule has 2 aromatic rings. The highest BCUT2D eigenvalue weighted by Gasteiger charge is 2.19. The molecule has 0 fully saturated rings. The number of benzene rings is 1. The van der Waals surface area contributed by atoms with E-state index in [1.165, 1.54) is 11.1 Å². The van der Waals surface area contributed by atoms with E-state index < -0.39 is 0 Å². The van der Waals surface area contributed by atoms with Crippen molar-refractivity contribution >= 4 is 11.8 Å². The van der Waals surface area contributed by atoms with E-state index >= 15 is 0 Å². The number of hydrogen-bond donors (Lipinski definition) is 1. The van der Waals surface area contributed by atoms with Gasteiger partial charge in [0.2, 0.25) is 11.8 Å². The number of amides is 1. The molecule has 0 radical (unpaired) electrons. The maximum Gasteiger partial charge on any atom is 0.240 e. The quantitative estimate of drug-likeness (QED) is 0.879. The second-order valence-electron chi connectivity index (χ2n) is 7.22. The number of rotatable bonds is 6. The zero-order valence-electron chi connectivity index (χ0n) is 15.2. The number of hydrogen-bond acceptors (Lipinski definition) is 4. The van der Waals surface area contributed by atoms with Crippen molar-refractivity contribution < 1.29 is 9.32 Å². The molecule has 2 rings (SSSR count). The van der Waals surface area contributed by atoms with Crippen molar-refractivity contribution in [2.45, 2.75) is 46.1 Å². The van der Waals surface area contributed by atoms with E-state index in [1.54, 1.807) is 6.07 Å². The highest BCUT2D eigenvalue weighted by atomic mass is 16.5. The second kappa shape index (κ2) is 7.62. The largest absolute Gasteiger partial charge is 0.338 e. The average molecular weight is 329 g/mol. The number of carbonyl (C=O) groups excluding carboxylic acids is 1. The highest BCUT2D eigenvalue weighted by molar-refractivity contribution is 5.90. The first-order chi connectivity index (χ1) is 11.3. The van der Waals surface area contributed by atoms with Gasteiger partial charge in [0.05, 0.1) is 12.2 Å². The Balaban J connectivity index is 1.85. The van der Waals surface area contributed by atoms with Gasteiger partial charge in [0.15, 0.2) is 0 Å². The van der Waals surface area contributed by atoms with Crippen LogP contribution in [0, 0.1) is 0 Å². The molecule has 0 saturated heterocycles. The molecular weight excluding hydrogens is 302 g/mol. The van der Waals surface area contributed by atoms with Crippen molar-refractivity contribution in [3.8, 4) is 0 Å². The van der Waals surface area contributed by atoms with Crippen LogP contribution >= 0.6 is 0 Å². The standard InChI is InChI=1S/C19H27N3O2/c1-6-14-7-9-15(10-8-14)12-22(5)13-17(23)20-18-11-16(21-24-18)19(2,3)4/h7-11H,6,12-13H2,1-5H3,(H,20,23). The molecular formula is C19H27N3O2. The number of anilines is 1. The SMILES string of the molecule is CCc1ccc(CN(C)CC(=O)Nc2cc(C(C)(C)C)no2)cc1. The Labute approximate surface area is 144 Å². The first-order valence-corrected chi connectivity index (χ1v) is 8.31. The predicted molar refractivity (Wildman–Crippen MR) is 96.0 cm³/mol. The lowest BCUT2D eigenvalue weighted by Gasteiger charge is -2.16. The van der Waals surface area contributed by atoms with E-state index in [0.29, 0.717) is 12.4 Å². The number of nitrogens with one attached hydrogen (secondary N) is 1. The van der Waals surface area contributed by atoms with E-state index in [2.05, 4.69) is 41.7 Å². The lowest BCUT2D eigenvalue weighted by Crippen LogP contribution is -2.29. The third kappa shape index (κ3) is 5.20. The predicted octanol–water partition coefficient (Wildman–Crippen LogP) is 3.61. The minimum absolute atomic E-state index is 0.103. The molecule has 1 aromatic heterocycles. The van der Waals surface area contributed by atoms with Crippen LogP contribution in [0.4, 0.5) is 5.88 Å². The van der Waals surface area contributed by atoms with Crippen molar-refractivity contribution in [1.82, 2.24) is 10.1 Å². The second-order valence-corrected chi connectivity index (χ2v) is 7.22. The molecule has 1 N–H and O–H groups in total. The van der Waals surface area contributed by atoms with Gasteiger partial charge in [0.1, 0.15) is 0 Å². The fourth-order valence-electron chi connectivity index (χ4n) is 2.36. The zero-order valence-corrected chi connectivity index (χ0v) is 15.2. The summed E-state index contributed by atoms with van der Waals surface area (Å²) in [5.74, 6) is 0.282. The van der Waals surface area contributed by atoms with Gasteiger partial charge in [0, 0.05) is 18.0 Å². The van der Waals surface area contributed by atoms with Crippen molar-refractivity contribution in [3.63, 3.8) is 0 Å². The molecule has 5 heteroatoms. The third-order valence-corrected chi connectivity index (χ3v) is 3.84. The third-order valence-electron chi connectivity index (χ3n) is 3.84. The summed E-state index contributed by atoms with van der Waals surface area (Å²) < 4.78 is 5.19. The fourth-order valence-corrected chi connectivity index (χ4v) is 2.36. The van der Waals surface area contributed by atoms with Crippen LogP contribution in [0.3, 0.4) is 0 Å². The molecule has 1 heterocycles. The first kappa shape index (κ1) is 18.2. The molecule has 0 aliphatic heterocycles. The van der Waals surface area contributed by atoms with Crippen molar-refractivity contribution in [1.29, 1.82) is 0 Å². The van der Waals surface area contributed by atoms with Crippen LogP contribution < -0.4 is 5.32 Å². The van der Waals surface area contributed by atoms with E-state index in [-0.39, 0.29) is 11.3 Å².